The van der Waals surface area contributed by atoms with Gasteiger partial charge in [0.25, 0.3) is 0 Å². The fourth-order valence-electron chi connectivity index (χ4n) is 3.57. The predicted molar refractivity (Wildman–Crippen MR) is 97.0 cm³/mol. The number of aromatic nitrogens is 2. The molecule has 132 valence electrons. The van der Waals surface area contributed by atoms with Crippen molar-refractivity contribution in [2.45, 2.75) is 44.9 Å². The van der Waals surface area contributed by atoms with Crippen LogP contribution in [0.25, 0.3) is 11.0 Å². The molecule has 2 bridgehead atoms. The number of hydrogen-bond acceptors (Lipinski definition) is 5. The van der Waals surface area contributed by atoms with Gasteiger partial charge in [-0.05, 0) is 39.3 Å². The van der Waals surface area contributed by atoms with Crippen LogP contribution in [0.4, 0.5) is 10.6 Å². The van der Waals surface area contributed by atoms with E-state index < -0.39 is 5.60 Å². The van der Waals surface area contributed by atoms with Crippen molar-refractivity contribution in [2.24, 2.45) is 0 Å². The molecule has 0 spiro atoms. The number of benzene rings is 1. The van der Waals surface area contributed by atoms with E-state index in [4.69, 9.17) is 16.3 Å². The maximum absolute atomic E-state index is 12.4. The summed E-state index contributed by atoms with van der Waals surface area (Å²) in [6.45, 7) is 7.05. The number of para-hydroxylation sites is 2. The van der Waals surface area contributed by atoms with Crippen molar-refractivity contribution >= 4 is 34.5 Å². The quantitative estimate of drug-likeness (QED) is 0.779. The fraction of sp³-hybridized carbons (Fsp3) is 0.500. The van der Waals surface area contributed by atoms with Gasteiger partial charge in [-0.3, -0.25) is 4.90 Å². The highest BCUT2D eigenvalue weighted by molar-refractivity contribution is 6.32. The zero-order valence-electron chi connectivity index (χ0n) is 14.6. The van der Waals surface area contributed by atoms with Gasteiger partial charge in [-0.15, -0.1) is 0 Å². The van der Waals surface area contributed by atoms with Crippen LogP contribution in [-0.4, -0.2) is 51.7 Å². The average Bonchev–Trinajstić information content (AvgIpc) is 2.52. The Balaban J connectivity index is 1.53. The average molecular weight is 361 g/mol. The molecule has 4 heterocycles. The van der Waals surface area contributed by atoms with E-state index in [-0.39, 0.29) is 18.2 Å². The fourth-order valence-corrected chi connectivity index (χ4v) is 3.82. The molecule has 0 saturated carbocycles. The summed E-state index contributed by atoms with van der Waals surface area (Å²) >= 11 is 6.36. The van der Waals surface area contributed by atoms with E-state index in [1.165, 1.54) is 0 Å². The van der Waals surface area contributed by atoms with Crippen molar-refractivity contribution in [3.05, 3.63) is 29.4 Å². The molecule has 1 aromatic heterocycles. The number of carbonyl (C=O) groups excluding carboxylic acids is 1. The Morgan fingerprint density at radius 2 is 1.76 bits per heavy atom. The molecule has 7 heteroatoms. The first-order chi connectivity index (χ1) is 11.8. The lowest BCUT2D eigenvalue weighted by molar-refractivity contribution is -0.0380. The van der Waals surface area contributed by atoms with Crippen LogP contribution in [0.3, 0.4) is 0 Å². The number of piperidine rings is 1. The second-order valence-corrected chi connectivity index (χ2v) is 8.02. The molecule has 3 aliphatic rings. The maximum Gasteiger partial charge on any atom is 0.410 e. The van der Waals surface area contributed by atoms with Crippen LogP contribution < -0.4 is 4.90 Å². The Labute approximate surface area is 151 Å². The van der Waals surface area contributed by atoms with Gasteiger partial charge < -0.3 is 9.64 Å². The Hall–Kier alpha value is -2.08. The third-order valence-corrected chi connectivity index (χ3v) is 4.86. The minimum atomic E-state index is -0.478. The van der Waals surface area contributed by atoms with Crippen LogP contribution in [0.2, 0.25) is 5.15 Å². The highest BCUT2D eigenvalue weighted by atomic mass is 35.5. The number of anilines is 1. The summed E-state index contributed by atoms with van der Waals surface area (Å²) < 4.78 is 5.51. The van der Waals surface area contributed by atoms with Crippen LogP contribution in [0.1, 0.15) is 27.2 Å². The van der Waals surface area contributed by atoms with Gasteiger partial charge in [0, 0.05) is 13.1 Å². The lowest BCUT2D eigenvalue weighted by Crippen LogP contribution is -2.70. The molecule has 3 aliphatic heterocycles. The third kappa shape index (κ3) is 2.99. The molecule has 0 radical (unpaired) electrons. The van der Waals surface area contributed by atoms with Crippen molar-refractivity contribution in [2.75, 3.05) is 18.0 Å². The largest absolute Gasteiger partial charge is 0.444 e. The molecular formula is C18H21ClN4O2. The first-order valence-corrected chi connectivity index (χ1v) is 8.88. The normalized spacial score (nSPS) is 22.7. The molecule has 5 rings (SSSR count). The van der Waals surface area contributed by atoms with E-state index in [0.717, 1.165) is 17.5 Å². The van der Waals surface area contributed by atoms with Crippen molar-refractivity contribution < 1.29 is 9.53 Å². The number of fused-ring (bicyclic) bond motifs is 3. The summed E-state index contributed by atoms with van der Waals surface area (Å²) in [4.78, 5) is 25.5. The predicted octanol–water partition coefficient (Wildman–Crippen LogP) is 3.48. The molecule has 0 N–H and O–H groups in total. The van der Waals surface area contributed by atoms with Crippen LogP contribution in [0, 0.1) is 0 Å². The number of piperazine rings is 1. The zero-order valence-corrected chi connectivity index (χ0v) is 15.3. The van der Waals surface area contributed by atoms with Gasteiger partial charge >= 0.3 is 6.09 Å². The molecule has 1 aromatic carbocycles. The molecule has 25 heavy (non-hydrogen) atoms. The van der Waals surface area contributed by atoms with Crippen molar-refractivity contribution in [3.63, 3.8) is 0 Å². The summed E-state index contributed by atoms with van der Waals surface area (Å²) in [5, 5.41) is 0.406. The molecule has 2 aromatic rings. The van der Waals surface area contributed by atoms with Crippen molar-refractivity contribution in [1.82, 2.24) is 14.9 Å². The second kappa shape index (κ2) is 5.73. The Morgan fingerprint density at radius 1 is 1.16 bits per heavy atom. The van der Waals surface area contributed by atoms with Gasteiger partial charge in [-0.1, -0.05) is 23.7 Å². The van der Waals surface area contributed by atoms with E-state index in [1.54, 1.807) is 0 Å². The summed E-state index contributed by atoms with van der Waals surface area (Å²) in [5.41, 5.74) is 1.13. The number of amides is 1. The Bertz CT molecular complexity index is 823. The standard InChI is InChI=1S/C18H21ClN4O2/c1-18(2,3)25-17(24)23-11-8-12(23)10-22(9-11)16-15(19)20-13-6-4-5-7-14(13)21-16/h4-7,11-12H,8-10H2,1-3H3. The van der Waals surface area contributed by atoms with Gasteiger partial charge in [-0.2, -0.15) is 0 Å². The van der Waals surface area contributed by atoms with E-state index >= 15 is 0 Å². The number of carbonyl (C=O) groups is 1. The topological polar surface area (TPSA) is 58.6 Å². The highest BCUT2D eigenvalue weighted by Gasteiger charge is 2.49. The molecular weight excluding hydrogens is 340 g/mol. The molecule has 1 amide bonds. The smallest absolute Gasteiger partial charge is 0.410 e. The molecule has 3 saturated heterocycles. The second-order valence-electron chi connectivity index (χ2n) is 7.66. The Morgan fingerprint density at radius 3 is 2.36 bits per heavy atom. The summed E-state index contributed by atoms with van der Waals surface area (Å²) in [6.07, 6.45) is 0.762. The van der Waals surface area contributed by atoms with Crippen LogP contribution >= 0.6 is 11.6 Å². The van der Waals surface area contributed by atoms with E-state index in [9.17, 15) is 4.79 Å². The molecule has 2 unspecified atom stereocenters. The van der Waals surface area contributed by atoms with Crippen molar-refractivity contribution in [3.8, 4) is 0 Å². The molecule has 0 aliphatic carbocycles. The van der Waals surface area contributed by atoms with Crippen LogP contribution in [0.5, 0.6) is 0 Å². The lowest BCUT2D eigenvalue weighted by atomic mass is 9.88. The highest BCUT2D eigenvalue weighted by Crippen LogP contribution is 2.37. The van der Waals surface area contributed by atoms with E-state index in [1.807, 2.05) is 49.9 Å². The monoisotopic (exact) mass is 360 g/mol. The van der Waals surface area contributed by atoms with Gasteiger partial charge in [0.1, 0.15) is 5.60 Å². The maximum atomic E-state index is 12.4. The Kier molecular flexibility index (Phi) is 3.76. The van der Waals surface area contributed by atoms with Gasteiger partial charge in [0.2, 0.25) is 0 Å². The minimum absolute atomic E-state index is 0.137. The lowest BCUT2D eigenvalue weighted by Gasteiger charge is -2.56. The first-order valence-electron chi connectivity index (χ1n) is 8.50. The van der Waals surface area contributed by atoms with Gasteiger partial charge in [0.05, 0.1) is 23.1 Å². The van der Waals surface area contributed by atoms with Crippen LogP contribution in [-0.2, 0) is 4.74 Å². The van der Waals surface area contributed by atoms with Crippen LogP contribution in [0.15, 0.2) is 24.3 Å². The first kappa shape index (κ1) is 16.4. The number of rotatable bonds is 1. The summed E-state index contributed by atoms with van der Waals surface area (Å²) in [5.74, 6) is 0.693. The number of nitrogens with zero attached hydrogens (tertiary/aromatic N) is 4. The molecule has 3 fully saturated rings. The minimum Gasteiger partial charge on any atom is -0.444 e. The molecule has 2 atom stereocenters. The number of ether oxygens (including phenoxy) is 1. The number of halogens is 1. The number of hydrogen-bond donors (Lipinski definition) is 0. The van der Waals surface area contributed by atoms with Gasteiger partial charge in [0.15, 0.2) is 11.0 Å². The molecule has 6 nitrogen and oxygen atoms in total. The summed E-state index contributed by atoms with van der Waals surface area (Å²) in [6, 6.07) is 7.96. The van der Waals surface area contributed by atoms with E-state index in [2.05, 4.69) is 14.9 Å². The zero-order chi connectivity index (χ0) is 17.8. The van der Waals surface area contributed by atoms with E-state index in [0.29, 0.717) is 24.1 Å². The SMILES string of the molecule is CC(C)(C)OC(=O)N1C2CC1CN(c1nc3ccccc3nc1Cl)C2. The third-order valence-electron chi connectivity index (χ3n) is 4.61. The summed E-state index contributed by atoms with van der Waals surface area (Å²) in [7, 11) is 0. The van der Waals surface area contributed by atoms with Gasteiger partial charge in [-0.25, -0.2) is 14.8 Å². The van der Waals surface area contributed by atoms with Crippen molar-refractivity contribution in [1.29, 1.82) is 0 Å².